The monoisotopic (exact) mass is 274 g/mol. The van der Waals surface area contributed by atoms with Gasteiger partial charge in [0.05, 0.1) is 12.3 Å². The van der Waals surface area contributed by atoms with Crippen molar-refractivity contribution in [2.75, 3.05) is 0 Å². The number of nitrogens with two attached hydrogens (primary N) is 1. The average Bonchev–Trinajstić information content (AvgIpc) is 3.00. The van der Waals surface area contributed by atoms with Gasteiger partial charge >= 0.3 is 0 Å². The van der Waals surface area contributed by atoms with Crippen molar-refractivity contribution in [2.24, 2.45) is 23.5 Å². The maximum absolute atomic E-state index is 6.41. The summed E-state index contributed by atoms with van der Waals surface area (Å²) in [7, 11) is 0. The molecule has 2 bridgehead atoms. The molecule has 110 valence electrons. The fourth-order valence-electron chi connectivity index (χ4n) is 4.10. The van der Waals surface area contributed by atoms with E-state index >= 15 is 0 Å². The van der Waals surface area contributed by atoms with Crippen molar-refractivity contribution in [3.8, 4) is 5.75 Å². The summed E-state index contributed by atoms with van der Waals surface area (Å²) in [6.45, 7) is 4.06. The average molecular weight is 274 g/mol. The Hall–Kier alpha value is -1.09. The van der Waals surface area contributed by atoms with Gasteiger partial charge in [-0.15, -0.1) is 0 Å². The van der Waals surface area contributed by atoms with Crippen molar-refractivity contribution in [3.05, 3.63) is 24.0 Å². The van der Waals surface area contributed by atoms with Crippen LogP contribution in [-0.4, -0.2) is 11.1 Å². The van der Waals surface area contributed by atoms with Crippen molar-refractivity contribution in [1.29, 1.82) is 0 Å². The van der Waals surface area contributed by atoms with Crippen LogP contribution < -0.4 is 10.5 Å². The third kappa shape index (κ3) is 2.98. The number of hydrogen-bond acceptors (Lipinski definition) is 3. The quantitative estimate of drug-likeness (QED) is 0.890. The van der Waals surface area contributed by atoms with Crippen LogP contribution in [0, 0.1) is 17.8 Å². The minimum atomic E-state index is 0.0996. The molecule has 3 heteroatoms. The maximum atomic E-state index is 6.41. The topological polar surface area (TPSA) is 48.1 Å². The molecule has 1 aromatic rings. The summed E-state index contributed by atoms with van der Waals surface area (Å²) in [4.78, 5) is 4.28. The van der Waals surface area contributed by atoms with Gasteiger partial charge in [0.25, 0.3) is 0 Å². The summed E-state index contributed by atoms with van der Waals surface area (Å²) in [5, 5.41) is 0. The molecule has 0 saturated heterocycles. The Labute approximate surface area is 121 Å². The van der Waals surface area contributed by atoms with Gasteiger partial charge in [-0.25, -0.2) is 0 Å². The summed E-state index contributed by atoms with van der Waals surface area (Å²) in [6, 6.07) is 2.16. The van der Waals surface area contributed by atoms with Crippen LogP contribution in [0.2, 0.25) is 0 Å². The summed E-state index contributed by atoms with van der Waals surface area (Å²) in [6.07, 6.45) is 10.7. The molecule has 4 atom stereocenters. The normalized spacial score (nSPS) is 29.9. The van der Waals surface area contributed by atoms with Gasteiger partial charge in [0.1, 0.15) is 5.75 Å². The van der Waals surface area contributed by atoms with Gasteiger partial charge in [0.2, 0.25) is 0 Å². The molecule has 0 radical (unpaired) electrons. The van der Waals surface area contributed by atoms with Crippen LogP contribution in [0.5, 0.6) is 5.75 Å². The maximum Gasteiger partial charge on any atom is 0.138 e. The summed E-state index contributed by atoms with van der Waals surface area (Å²) < 4.78 is 5.71. The standard InChI is InChI=1S/C17H26N2O/c1-11(2)20-16-7-15(9-19-10-16)17(18)8-14-6-12-3-4-13(14)5-12/h7,9-14,17H,3-6,8,18H2,1-2H3. The zero-order valence-electron chi connectivity index (χ0n) is 12.6. The highest BCUT2D eigenvalue weighted by Gasteiger charge is 2.39. The number of rotatable bonds is 5. The van der Waals surface area contributed by atoms with E-state index in [1.54, 1.807) is 6.20 Å². The van der Waals surface area contributed by atoms with Gasteiger partial charge in [0.15, 0.2) is 0 Å². The molecule has 3 nitrogen and oxygen atoms in total. The van der Waals surface area contributed by atoms with Crippen LogP contribution in [0.25, 0.3) is 0 Å². The van der Waals surface area contributed by atoms with Crippen molar-refractivity contribution >= 4 is 0 Å². The zero-order chi connectivity index (χ0) is 14.1. The van der Waals surface area contributed by atoms with E-state index < -0.39 is 0 Å². The molecule has 0 aromatic carbocycles. The van der Waals surface area contributed by atoms with Crippen molar-refractivity contribution < 1.29 is 4.74 Å². The summed E-state index contributed by atoms with van der Waals surface area (Å²) in [5.41, 5.74) is 7.53. The van der Waals surface area contributed by atoms with E-state index in [1.807, 2.05) is 20.0 Å². The Morgan fingerprint density at radius 2 is 2.15 bits per heavy atom. The number of ether oxygens (including phenoxy) is 1. The lowest BCUT2D eigenvalue weighted by atomic mass is 9.83. The highest BCUT2D eigenvalue weighted by atomic mass is 16.5. The van der Waals surface area contributed by atoms with Gasteiger partial charge in [-0.2, -0.15) is 0 Å². The SMILES string of the molecule is CC(C)Oc1cncc(C(N)CC2CC3CCC2C3)c1. The van der Waals surface area contributed by atoms with Gasteiger partial charge in [-0.3, -0.25) is 4.98 Å². The predicted octanol–water partition coefficient (Wildman–Crippen LogP) is 3.69. The van der Waals surface area contributed by atoms with Crippen LogP contribution in [0.3, 0.4) is 0 Å². The fourth-order valence-corrected chi connectivity index (χ4v) is 4.10. The van der Waals surface area contributed by atoms with Crippen LogP contribution in [0.4, 0.5) is 0 Å². The number of fused-ring (bicyclic) bond motifs is 2. The van der Waals surface area contributed by atoms with Crippen molar-refractivity contribution in [1.82, 2.24) is 4.98 Å². The Morgan fingerprint density at radius 3 is 2.80 bits per heavy atom. The van der Waals surface area contributed by atoms with Crippen LogP contribution in [0.1, 0.15) is 57.6 Å². The first kappa shape index (κ1) is 13.9. The lowest BCUT2D eigenvalue weighted by Gasteiger charge is -2.25. The zero-order valence-corrected chi connectivity index (χ0v) is 12.6. The molecule has 1 heterocycles. The number of pyridine rings is 1. The number of nitrogens with zero attached hydrogens (tertiary/aromatic N) is 1. The second-order valence-electron chi connectivity index (χ2n) is 6.90. The number of hydrogen-bond donors (Lipinski definition) is 1. The first-order valence-electron chi connectivity index (χ1n) is 7.99. The Kier molecular flexibility index (Phi) is 3.97. The largest absolute Gasteiger partial charge is 0.489 e. The van der Waals surface area contributed by atoms with E-state index in [2.05, 4.69) is 11.1 Å². The molecule has 2 saturated carbocycles. The molecule has 2 N–H and O–H groups in total. The van der Waals surface area contributed by atoms with Crippen LogP contribution >= 0.6 is 0 Å². The molecule has 4 unspecified atom stereocenters. The van der Waals surface area contributed by atoms with E-state index in [0.29, 0.717) is 0 Å². The van der Waals surface area contributed by atoms with E-state index in [9.17, 15) is 0 Å². The fraction of sp³-hybridized carbons (Fsp3) is 0.706. The van der Waals surface area contributed by atoms with Gasteiger partial charge < -0.3 is 10.5 Å². The van der Waals surface area contributed by atoms with Gasteiger partial charge in [-0.05, 0) is 68.9 Å². The molecule has 0 spiro atoms. The van der Waals surface area contributed by atoms with E-state index in [0.717, 1.165) is 35.5 Å². The molecule has 2 fully saturated rings. The summed E-state index contributed by atoms with van der Waals surface area (Å²) >= 11 is 0. The Balaban J connectivity index is 1.63. The molecule has 0 aliphatic heterocycles. The van der Waals surface area contributed by atoms with E-state index in [4.69, 9.17) is 10.5 Å². The highest BCUT2D eigenvalue weighted by molar-refractivity contribution is 5.26. The van der Waals surface area contributed by atoms with E-state index in [1.165, 1.54) is 25.7 Å². The summed E-state index contributed by atoms with van der Waals surface area (Å²) in [5.74, 6) is 3.60. The minimum Gasteiger partial charge on any atom is -0.489 e. The molecular weight excluding hydrogens is 248 g/mol. The van der Waals surface area contributed by atoms with Crippen LogP contribution in [-0.2, 0) is 0 Å². The lowest BCUT2D eigenvalue weighted by Crippen LogP contribution is -2.19. The first-order valence-corrected chi connectivity index (χ1v) is 7.99. The molecule has 0 amide bonds. The molecule has 20 heavy (non-hydrogen) atoms. The molecule has 3 rings (SSSR count). The van der Waals surface area contributed by atoms with Crippen molar-refractivity contribution in [3.63, 3.8) is 0 Å². The Morgan fingerprint density at radius 1 is 1.30 bits per heavy atom. The van der Waals surface area contributed by atoms with Crippen molar-refractivity contribution in [2.45, 2.75) is 58.1 Å². The number of aromatic nitrogens is 1. The van der Waals surface area contributed by atoms with Crippen LogP contribution in [0.15, 0.2) is 18.5 Å². The molecular formula is C17H26N2O. The second kappa shape index (κ2) is 5.72. The van der Waals surface area contributed by atoms with Gasteiger partial charge in [-0.1, -0.05) is 6.42 Å². The first-order chi connectivity index (χ1) is 9.61. The lowest BCUT2D eigenvalue weighted by molar-refractivity contribution is 0.240. The smallest absolute Gasteiger partial charge is 0.138 e. The third-order valence-corrected chi connectivity index (χ3v) is 4.98. The molecule has 2 aliphatic carbocycles. The predicted molar refractivity (Wildman–Crippen MR) is 80.5 cm³/mol. The highest BCUT2D eigenvalue weighted by Crippen LogP contribution is 2.50. The molecule has 2 aliphatic rings. The second-order valence-corrected chi connectivity index (χ2v) is 6.90. The molecule has 1 aromatic heterocycles. The minimum absolute atomic E-state index is 0.0996. The van der Waals surface area contributed by atoms with E-state index in [-0.39, 0.29) is 12.1 Å². The Bertz CT molecular complexity index is 460. The van der Waals surface area contributed by atoms with Gasteiger partial charge in [0, 0.05) is 12.2 Å². The third-order valence-electron chi connectivity index (χ3n) is 4.98.